The third kappa shape index (κ3) is 2.43. The van der Waals surface area contributed by atoms with E-state index >= 15 is 0 Å². The SMILES string of the molecule is c1ccc(C2CCCCC2)c(Nc2n[nH]c3nnccc23)c1. The van der Waals surface area contributed by atoms with Crippen LogP contribution < -0.4 is 5.32 Å². The molecule has 1 saturated carbocycles. The summed E-state index contributed by atoms with van der Waals surface area (Å²) in [6.45, 7) is 0. The highest BCUT2D eigenvalue weighted by molar-refractivity contribution is 5.88. The molecule has 2 N–H and O–H groups in total. The lowest BCUT2D eigenvalue weighted by Crippen LogP contribution is -2.07. The first kappa shape index (κ1) is 13.2. The molecule has 0 aliphatic heterocycles. The van der Waals surface area contributed by atoms with Gasteiger partial charge < -0.3 is 5.32 Å². The van der Waals surface area contributed by atoms with Crippen LogP contribution in [0.2, 0.25) is 0 Å². The molecule has 5 nitrogen and oxygen atoms in total. The van der Waals surface area contributed by atoms with Crippen molar-refractivity contribution < 1.29 is 0 Å². The van der Waals surface area contributed by atoms with Crippen LogP contribution in [0.1, 0.15) is 43.6 Å². The molecular formula is C17H19N5. The summed E-state index contributed by atoms with van der Waals surface area (Å²) in [5.74, 6) is 1.47. The van der Waals surface area contributed by atoms with Gasteiger partial charge in [0.1, 0.15) is 0 Å². The van der Waals surface area contributed by atoms with Crippen LogP contribution in [0.3, 0.4) is 0 Å². The predicted molar refractivity (Wildman–Crippen MR) is 87.2 cm³/mol. The van der Waals surface area contributed by atoms with Crippen molar-refractivity contribution in [3.63, 3.8) is 0 Å². The Morgan fingerprint density at radius 1 is 1.05 bits per heavy atom. The minimum atomic E-state index is 0.655. The van der Waals surface area contributed by atoms with E-state index in [1.165, 1.54) is 37.7 Å². The van der Waals surface area contributed by atoms with Crippen LogP contribution >= 0.6 is 0 Å². The largest absolute Gasteiger partial charge is 0.338 e. The number of hydrogen-bond donors (Lipinski definition) is 2. The summed E-state index contributed by atoms with van der Waals surface area (Å²) in [6.07, 6.45) is 8.29. The fraction of sp³-hybridized carbons (Fsp3) is 0.353. The Bertz CT molecular complexity index is 773. The van der Waals surface area contributed by atoms with Gasteiger partial charge in [-0.2, -0.15) is 10.2 Å². The zero-order valence-corrected chi connectivity index (χ0v) is 12.4. The van der Waals surface area contributed by atoms with Crippen LogP contribution in [-0.2, 0) is 0 Å². The molecule has 0 unspecified atom stereocenters. The molecule has 0 spiro atoms. The Balaban J connectivity index is 1.68. The Labute approximate surface area is 129 Å². The maximum Gasteiger partial charge on any atom is 0.180 e. The number of benzene rings is 1. The smallest absolute Gasteiger partial charge is 0.180 e. The molecule has 22 heavy (non-hydrogen) atoms. The van der Waals surface area contributed by atoms with Gasteiger partial charge in [0.25, 0.3) is 0 Å². The maximum absolute atomic E-state index is 4.34. The highest BCUT2D eigenvalue weighted by Crippen LogP contribution is 2.37. The number of anilines is 2. The first-order valence-corrected chi connectivity index (χ1v) is 7.93. The zero-order valence-electron chi connectivity index (χ0n) is 12.4. The molecule has 1 aliphatic carbocycles. The van der Waals surface area contributed by atoms with Gasteiger partial charge in [0.05, 0.1) is 11.6 Å². The molecule has 3 aromatic rings. The summed E-state index contributed by atoms with van der Waals surface area (Å²) in [5, 5.41) is 19.6. The second-order valence-electron chi connectivity index (χ2n) is 5.91. The standard InChI is InChI=1S/C17H19N5/c1-2-6-12(7-3-1)13-8-4-5-9-15(13)19-16-14-10-11-18-20-17(14)22-21-16/h4-5,8-12H,1-3,6-7H2,(H2,19,20,21,22). The summed E-state index contributed by atoms with van der Waals surface area (Å²) in [4.78, 5) is 0. The van der Waals surface area contributed by atoms with Crippen LogP contribution in [0.4, 0.5) is 11.5 Å². The van der Waals surface area contributed by atoms with Crippen molar-refractivity contribution in [1.82, 2.24) is 20.4 Å². The van der Waals surface area contributed by atoms with E-state index in [0.29, 0.717) is 11.6 Å². The van der Waals surface area contributed by atoms with E-state index in [1.54, 1.807) is 6.20 Å². The van der Waals surface area contributed by atoms with Gasteiger partial charge in [0.2, 0.25) is 0 Å². The zero-order chi connectivity index (χ0) is 14.8. The summed E-state index contributed by atoms with van der Waals surface area (Å²) in [5.41, 5.74) is 3.26. The summed E-state index contributed by atoms with van der Waals surface area (Å²) < 4.78 is 0. The van der Waals surface area contributed by atoms with E-state index in [9.17, 15) is 0 Å². The Morgan fingerprint density at radius 3 is 2.82 bits per heavy atom. The maximum atomic E-state index is 4.34. The monoisotopic (exact) mass is 293 g/mol. The lowest BCUT2D eigenvalue weighted by Gasteiger charge is -2.24. The van der Waals surface area contributed by atoms with Gasteiger partial charge in [-0.1, -0.05) is 37.5 Å². The van der Waals surface area contributed by atoms with Crippen LogP contribution in [0.25, 0.3) is 11.0 Å². The van der Waals surface area contributed by atoms with Crippen LogP contribution in [0, 0.1) is 0 Å². The molecule has 0 atom stereocenters. The van der Waals surface area contributed by atoms with Gasteiger partial charge in [-0.15, -0.1) is 5.10 Å². The molecule has 0 radical (unpaired) electrons. The molecule has 1 aliphatic rings. The minimum absolute atomic E-state index is 0.655. The van der Waals surface area contributed by atoms with Crippen LogP contribution in [0.5, 0.6) is 0 Å². The summed E-state index contributed by atoms with van der Waals surface area (Å²) >= 11 is 0. The van der Waals surface area contributed by atoms with E-state index in [-0.39, 0.29) is 0 Å². The summed E-state index contributed by atoms with van der Waals surface area (Å²) in [7, 11) is 0. The molecule has 2 heterocycles. The second-order valence-corrected chi connectivity index (χ2v) is 5.91. The van der Waals surface area contributed by atoms with E-state index in [4.69, 9.17) is 0 Å². The van der Waals surface area contributed by atoms with Gasteiger partial charge in [-0.3, -0.25) is 5.10 Å². The number of hydrogen-bond acceptors (Lipinski definition) is 4. The molecule has 0 bridgehead atoms. The molecular weight excluding hydrogens is 274 g/mol. The fourth-order valence-corrected chi connectivity index (χ4v) is 3.38. The minimum Gasteiger partial charge on any atom is -0.338 e. The normalized spacial score (nSPS) is 16.0. The van der Waals surface area contributed by atoms with E-state index in [2.05, 4.69) is 50.0 Å². The highest BCUT2D eigenvalue weighted by atomic mass is 15.2. The molecule has 112 valence electrons. The number of H-pyrrole nitrogens is 1. The quantitative estimate of drug-likeness (QED) is 0.761. The first-order chi connectivity index (χ1) is 10.9. The Kier molecular flexibility index (Phi) is 3.46. The molecule has 5 heteroatoms. The Morgan fingerprint density at radius 2 is 1.91 bits per heavy atom. The van der Waals surface area contributed by atoms with Gasteiger partial charge in [-0.05, 0) is 36.5 Å². The van der Waals surface area contributed by atoms with E-state index in [0.717, 1.165) is 16.9 Å². The number of aromatic amines is 1. The van der Waals surface area contributed by atoms with Gasteiger partial charge >= 0.3 is 0 Å². The first-order valence-electron chi connectivity index (χ1n) is 7.93. The molecule has 2 aromatic heterocycles. The van der Waals surface area contributed by atoms with E-state index in [1.807, 2.05) is 6.07 Å². The van der Waals surface area contributed by atoms with Crippen molar-refractivity contribution in [3.05, 3.63) is 42.1 Å². The number of nitrogens with one attached hydrogen (secondary N) is 2. The van der Waals surface area contributed by atoms with Crippen molar-refractivity contribution in [2.75, 3.05) is 5.32 Å². The van der Waals surface area contributed by atoms with Crippen molar-refractivity contribution >= 4 is 22.5 Å². The lowest BCUT2D eigenvalue weighted by atomic mass is 9.83. The van der Waals surface area contributed by atoms with Crippen molar-refractivity contribution in [2.24, 2.45) is 0 Å². The summed E-state index contributed by atoms with van der Waals surface area (Å²) in [6, 6.07) is 10.5. The van der Waals surface area contributed by atoms with Crippen molar-refractivity contribution in [2.45, 2.75) is 38.0 Å². The lowest BCUT2D eigenvalue weighted by molar-refractivity contribution is 0.444. The molecule has 4 rings (SSSR count). The van der Waals surface area contributed by atoms with Gasteiger partial charge in [0, 0.05) is 5.69 Å². The van der Waals surface area contributed by atoms with Gasteiger partial charge in [0.15, 0.2) is 11.5 Å². The van der Waals surface area contributed by atoms with Crippen LogP contribution in [-0.4, -0.2) is 20.4 Å². The topological polar surface area (TPSA) is 66.5 Å². The van der Waals surface area contributed by atoms with Crippen molar-refractivity contribution in [1.29, 1.82) is 0 Å². The van der Waals surface area contributed by atoms with E-state index < -0.39 is 0 Å². The molecule has 1 fully saturated rings. The number of nitrogens with zero attached hydrogens (tertiary/aromatic N) is 3. The van der Waals surface area contributed by atoms with Crippen LogP contribution in [0.15, 0.2) is 36.5 Å². The highest BCUT2D eigenvalue weighted by Gasteiger charge is 2.19. The predicted octanol–water partition coefficient (Wildman–Crippen LogP) is 4.14. The number of fused-ring (bicyclic) bond motifs is 1. The third-order valence-corrected chi connectivity index (χ3v) is 4.51. The average Bonchev–Trinajstić information content (AvgIpc) is 2.99. The molecule has 0 saturated heterocycles. The molecule has 0 amide bonds. The average molecular weight is 293 g/mol. The fourth-order valence-electron chi connectivity index (χ4n) is 3.38. The second kappa shape index (κ2) is 5.75. The van der Waals surface area contributed by atoms with Crippen molar-refractivity contribution in [3.8, 4) is 0 Å². The number of aromatic nitrogens is 4. The Hall–Kier alpha value is -2.43. The number of para-hydroxylation sites is 1. The third-order valence-electron chi connectivity index (χ3n) is 4.51. The van der Waals surface area contributed by atoms with Gasteiger partial charge in [-0.25, -0.2) is 0 Å². The number of rotatable bonds is 3. The molecule has 1 aromatic carbocycles.